The fourth-order valence-corrected chi connectivity index (χ4v) is 4.02. The van der Waals surface area contributed by atoms with Gasteiger partial charge >= 0.3 is 0 Å². The molecular weight excluding hydrogens is 456 g/mol. The number of hydrogen-bond donors (Lipinski definition) is 3. The summed E-state index contributed by atoms with van der Waals surface area (Å²) in [5.41, 5.74) is 1.04. The van der Waals surface area contributed by atoms with Crippen LogP contribution in [0.25, 0.3) is 16.2 Å². The lowest BCUT2D eigenvalue weighted by molar-refractivity contribution is 0.0946. The molecule has 5 N–H and O–H groups in total. The number of pyridine rings is 1. The number of amides is 1. The molecule has 4 aromatic rings. The van der Waals surface area contributed by atoms with Gasteiger partial charge in [0.05, 0.1) is 28.9 Å². The molecule has 0 aliphatic heterocycles. The molecule has 14 heteroatoms. The number of fused-ring (bicyclic) bond motifs is 1. The second-order valence-electron chi connectivity index (χ2n) is 6.94. The normalized spacial score (nSPS) is 12.0. The predicted molar refractivity (Wildman–Crippen MR) is 118 cm³/mol. The first kappa shape index (κ1) is 22.3. The number of carbonyl (C=O) groups is 1. The molecule has 0 spiro atoms. The number of hydrazine groups is 1. The lowest BCUT2D eigenvalue weighted by Gasteiger charge is -2.21. The van der Waals surface area contributed by atoms with Crippen molar-refractivity contribution in [2.45, 2.75) is 26.8 Å². The van der Waals surface area contributed by atoms with Gasteiger partial charge in [0.2, 0.25) is 11.7 Å². The number of rotatable bonds is 6. The Bertz CT molecular complexity index is 1340. The Labute approximate surface area is 189 Å². The maximum Gasteiger partial charge on any atom is 0.298 e. The number of halogens is 2. The van der Waals surface area contributed by atoms with Gasteiger partial charge < -0.3 is 15.7 Å². The van der Waals surface area contributed by atoms with Crippen molar-refractivity contribution in [2.75, 3.05) is 5.01 Å². The maximum absolute atomic E-state index is 13.4. The number of alkyl halides is 2. The molecule has 0 aliphatic rings. The van der Waals surface area contributed by atoms with E-state index in [0.29, 0.717) is 16.5 Å². The quantitative estimate of drug-likeness (QED) is 0.166. The average Bonchev–Trinajstić information content (AvgIpc) is 3.50. The molecule has 0 saturated heterocycles. The molecule has 1 amide bonds. The lowest BCUT2D eigenvalue weighted by Crippen LogP contribution is -2.43. The van der Waals surface area contributed by atoms with E-state index >= 15 is 0 Å². The van der Waals surface area contributed by atoms with Crippen molar-refractivity contribution in [2.24, 2.45) is 16.8 Å². The highest BCUT2D eigenvalue weighted by atomic mass is 32.1. The summed E-state index contributed by atoms with van der Waals surface area (Å²) in [6.07, 6.45) is 0.0652. The Hall–Kier alpha value is -3.91. The standard InChI is InChI=1S/C19H19F2N9O2S/c1-9-3-4-14(33-9)13-6-24-17-12(30(23)18(27-22)16(20)21)5-11(8-29(13)17)19(31)25-7-15-26-10(2)28-32-15/h3-6,8,16H,7,22-23H2,1-2H3,(H,25,31)/b27-18-. The molecule has 0 fully saturated rings. The van der Waals surface area contributed by atoms with Crippen molar-refractivity contribution >= 4 is 34.4 Å². The van der Waals surface area contributed by atoms with Crippen LogP contribution in [-0.2, 0) is 6.54 Å². The predicted octanol–water partition coefficient (Wildman–Crippen LogP) is 2.21. The minimum absolute atomic E-state index is 0.0142. The van der Waals surface area contributed by atoms with Crippen LogP contribution in [0.1, 0.15) is 27.0 Å². The smallest absolute Gasteiger partial charge is 0.298 e. The molecule has 0 unspecified atom stereocenters. The van der Waals surface area contributed by atoms with Crippen LogP contribution >= 0.6 is 11.3 Å². The van der Waals surface area contributed by atoms with E-state index in [2.05, 4.69) is 25.5 Å². The van der Waals surface area contributed by atoms with Gasteiger partial charge in [0.15, 0.2) is 11.5 Å². The number of hydrogen-bond acceptors (Lipinski definition) is 9. The van der Waals surface area contributed by atoms with Gasteiger partial charge in [-0.1, -0.05) is 5.16 Å². The molecular formula is C19H19F2N9O2S. The Morgan fingerprint density at radius 2 is 2.18 bits per heavy atom. The number of nitrogens with zero attached hydrogens (tertiary/aromatic N) is 6. The molecule has 0 atom stereocenters. The number of amidine groups is 1. The van der Waals surface area contributed by atoms with E-state index in [9.17, 15) is 13.6 Å². The van der Waals surface area contributed by atoms with E-state index in [4.69, 9.17) is 16.2 Å². The van der Waals surface area contributed by atoms with Gasteiger partial charge in [-0.2, -0.15) is 10.1 Å². The number of nitrogens with one attached hydrogen (secondary N) is 1. The largest absolute Gasteiger partial charge is 0.343 e. The summed E-state index contributed by atoms with van der Waals surface area (Å²) in [5.74, 6) is 10.3. The Morgan fingerprint density at radius 3 is 2.79 bits per heavy atom. The highest BCUT2D eigenvalue weighted by Crippen LogP contribution is 2.31. The Balaban J connectivity index is 1.79. The maximum atomic E-state index is 13.4. The second kappa shape index (κ2) is 8.91. The molecule has 11 nitrogen and oxygen atoms in total. The van der Waals surface area contributed by atoms with Crippen LogP contribution in [-0.4, -0.2) is 37.7 Å². The van der Waals surface area contributed by atoms with Crippen LogP contribution in [0.5, 0.6) is 0 Å². The fourth-order valence-electron chi connectivity index (χ4n) is 3.14. The molecule has 4 heterocycles. The average molecular weight is 475 g/mol. The Morgan fingerprint density at radius 1 is 1.39 bits per heavy atom. The van der Waals surface area contributed by atoms with Crippen molar-refractivity contribution in [1.82, 2.24) is 24.8 Å². The van der Waals surface area contributed by atoms with Crippen LogP contribution in [0.3, 0.4) is 0 Å². The highest BCUT2D eigenvalue weighted by molar-refractivity contribution is 7.15. The van der Waals surface area contributed by atoms with Crippen LogP contribution in [0.15, 0.2) is 40.2 Å². The zero-order valence-corrected chi connectivity index (χ0v) is 18.3. The third-order valence-electron chi connectivity index (χ3n) is 4.64. The third-order valence-corrected chi connectivity index (χ3v) is 5.67. The molecule has 33 heavy (non-hydrogen) atoms. The van der Waals surface area contributed by atoms with E-state index < -0.39 is 18.2 Å². The van der Waals surface area contributed by atoms with E-state index in [0.717, 1.165) is 9.75 Å². The van der Waals surface area contributed by atoms with Crippen LogP contribution < -0.4 is 22.0 Å². The van der Waals surface area contributed by atoms with Crippen LogP contribution in [0.2, 0.25) is 0 Å². The lowest BCUT2D eigenvalue weighted by atomic mass is 10.2. The summed E-state index contributed by atoms with van der Waals surface area (Å²) in [6, 6.07) is 5.17. The molecule has 0 saturated carbocycles. The zero-order chi connectivity index (χ0) is 23.7. The van der Waals surface area contributed by atoms with E-state index in [1.165, 1.54) is 17.4 Å². The van der Waals surface area contributed by atoms with Gasteiger partial charge in [0.1, 0.15) is 5.69 Å². The van der Waals surface area contributed by atoms with Crippen LogP contribution in [0, 0.1) is 13.8 Å². The number of hydrazone groups is 1. The number of imidazole rings is 1. The summed E-state index contributed by atoms with van der Waals surface area (Å²) in [6.45, 7) is 3.58. The van der Waals surface area contributed by atoms with Crippen molar-refractivity contribution in [1.29, 1.82) is 0 Å². The zero-order valence-electron chi connectivity index (χ0n) is 17.5. The molecule has 172 valence electrons. The van der Waals surface area contributed by atoms with Crippen molar-refractivity contribution in [3.63, 3.8) is 0 Å². The molecule has 0 bridgehead atoms. The van der Waals surface area contributed by atoms with Crippen molar-refractivity contribution in [3.05, 3.63) is 52.7 Å². The van der Waals surface area contributed by atoms with Crippen LogP contribution in [0.4, 0.5) is 14.5 Å². The highest BCUT2D eigenvalue weighted by Gasteiger charge is 2.25. The molecule has 0 aromatic carbocycles. The summed E-state index contributed by atoms with van der Waals surface area (Å²) < 4.78 is 33.4. The molecule has 4 aromatic heterocycles. The number of carbonyl (C=O) groups excluding carboxylic acids is 1. The third kappa shape index (κ3) is 4.38. The van der Waals surface area contributed by atoms with Crippen molar-refractivity contribution in [3.8, 4) is 10.6 Å². The number of thiophene rings is 1. The number of aryl methyl sites for hydroxylation is 2. The second-order valence-corrected chi connectivity index (χ2v) is 8.23. The first-order chi connectivity index (χ1) is 15.8. The summed E-state index contributed by atoms with van der Waals surface area (Å²) >= 11 is 1.52. The molecule has 0 radical (unpaired) electrons. The minimum Gasteiger partial charge on any atom is -0.343 e. The van der Waals surface area contributed by atoms with Gasteiger partial charge in [0.25, 0.3) is 12.3 Å². The van der Waals surface area contributed by atoms with Gasteiger partial charge in [-0.05, 0) is 32.0 Å². The first-order valence-corrected chi connectivity index (χ1v) is 10.4. The van der Waals surface area contributed by atoms with E-state index in [1.54, 1.807) is 23.7 Å². The Kier molecular flexibility index (Phi) is 6.02. The number of aromatic nitrogens is 4. The fraction of sp³-hybridized carbons (Fsp3) is 0.211. The minimum atomic E-state index is -3.05. The first-order valence-electron chi connectivity index (χ1n) is 9.54. The SMILES string of the molecule is Cc1noc(CNC(=O)c2cc(N(N)/C(=N\N)C(F)F)c3ncc(-c4ccc(C)s4)n3c2)n1. The number of anilines is 1. The summed E-state index contributed by atoms with van der Waals surface area (Å²) in [5, 5.41) is 10.0. The van der Waals surface area contributed by atoms with Crippen molar-refractivity contribution < 1.29 is 18.1 Å². The van der Waals surface area contributed by atoms with Gasteiger partial charge in [0, 0.05) is 11.1 Å². The molecule has 0 aliphatic carbocycles. The van der Waals surface area contributed by atoms with Gasteiger partial charge in [-0.3, -0.25) is 14.2 Å². The topological polar surface area (TPSA) is 153 Å². The van der Waals surface area contributed by atoms with E-state index in [-0.39, 0.29) is 29.3 Å². The number of nitrogens with two attached hydrogens (primary N) is 2. The summed E-state index contributed by atoms with van der Waals surface area (Å²) in [7, 11) is 0. The van der Waals surface area contributed by atoms with Gasteiger partial charge in [-0.25, -0.2) is 19.6 Å². The van der Waals surface area contributed by atoms with E-state index in [1.807, 2.05) is 19.1 Å². The monoisotopic (exact) mass is 475 g/mol. The van der Waals surface area contributed by atoms with Gasteiger partial charge in [-0.15, -0.1) is 11.3 Å². The molecule has 4 rings (SSSR count). The summed E-state index contributed by atoms with van der Waals surface area (Å²) in [4.78, 5) is 23.2.